The summed E-state index contributed by atoms with van der Waals surface area (Å²) in [5.41, 5.74) is 7.93. The molecule has 0 saturated heterocycles. The molecule has 1 aromatic carbocycles. The first-order chi connectivity index (χ1) is 8.67. The summed E-state index contributed by atoms with van der Waals surface area (Å²) in [4.78, 5) is 7.88. The van der Waals surface area contributed by atoms with Gasteiger partial charge in [0.05, 0.1) is 16.6 Å². The van der Waals surface area contributed by atoms with E-state index >= 15 is 0 Å². The number of nitrogens with zero attached hydrogens (tertiary/aromatic N) is 1. The molecule has 0 amide bonds. The third-order valence-corrected chi connectivity index (χ3v) is 3.93. The number of aromatic nitrogens is 2. The van der Waals surface area contributed by atoms with E-state index in [2.05, 4.69) is 9.97 Å². The summed E-state index contributed by atoms with van der Waals surface area (Å²) >= 11 is 0. The van der Waals surface area contributed by atoms with Crippen LogP contribution in [0.5, 0.6) is 5.75 Å². The van der Waals surface area contributed by atoms with E-state index in [1.54, 1.807) is 12.1 Å². The van der Waals surface area contributed by atoms with Crippen LogP contribution in [0.25, 0.3) is 11.0 Å². The lowest BCUT2D eigenvalue weighted by molar-refractivity contribution is 0.366. The highest BCUT2D eigenvalue weighted by atomic mass is 16.3. The van der Waals surface area contributed by atoms with Crippen molar-refractivity contribution in [3.8, 4) is 5.75 Å². The first kappa shape index (κ1) is 11.5. The number of nitrogens with one attached hydrogen (secondary N) is 1. The summed E-state index contributed by atoms with van der Waals surface area (Å²) in [5, 5.41) is 9.48. The molecule has 1 heterocycles. The van der Waals surface area contributed by atoms with Gasteiger partial charge in [-0.05, 0) is 25.0 Å². The van der Waals surface area contributed by atoms with Gasteiger partial charge in [-0.15, -0.1) is 0 Å². The molecule has 1 aliphatic rings. The van der Waals surface area contributed by atoms with Crippen LogP contribution in [0.2, 0.25) is 0 Å². The SMILES string of the molecule is NC1(c2nc3ccc(O)cc3[nH]2)CCCCCC1. The Labute approximate surface area is 106 Å². The summed E-state index contributed by atoms with van der Waals surface area (Å²) in [6, 6.07) is 5.18. The van der Waals surface area contributed by atoms with Gasteiger partial charge < -0.3 is 15.8 Å². The van der Waals surface area contributed by atoms with Gasteiger partial charge in [-0.2, -0.15) is 0 Å². The average molecular weight is 245 g/mol. The number of aromatic amines is 1. The molecule has 0 bridgehead atoms. The number of phenolic OH excluding ortho intramolecular Hbond substituents is 1. The van der Waals surface area contributed by atoms with Gasteiger partial charge in [-0.3, -0.25) is 0 Å². The van der Waals surface area contributed by atoms with Gasteiger partial charge in [0.2, 0.25) is 0 Å². The van der Waals surface area contributed by atoms with Crippen LogP contribution in [-0.4, -0.2) is 15.1 Å². The lowest BCUT2D eigenvalue weighted by Crippen LogP contribution is -2.37. The van der Waals surface area contributed by atoms with Crippen LogP contribution in [0.1, 0.15) is 44.3 Å². The van der Waals surface area contributed by atoms with Crippen molar-refractivity contribution in [3.63, 3.8) is 0 Å². The predicted octanol–water partition coefficient (Wildman–Crippen LogP) is 2.78. The second kappa shape index (κ2) is 4.28. The van der Waals surface area contributed by atoms with Crippen LogP contribution in [0.4, 0.5) is 0 Å². The number of H-pyrrole nitrogens is 1. The lowest BCUT2D eigenvalue weighted by Gasteiger charge is -2.25. The normalized spacial score (nSPS) is 19.8. The molecule has 4 nitrogen and oxygen atoms in total. The zero-order valence-corrected chi connectivity index (χ0v) is 10.4. The maximum atomic E-state index is 9.48. The van der Waals surface area contributed by atoms with E-state index in [9.17, 15) is 5.11 Å². The monoisotopic (exact) mass is 245 g/mol. The van der Waals surface area contributed by atoms with Crippen LogP contribution in [0.3, 0.4) is 0 Å². The fourth-order valence-corrected chi connectivity index (χ4v) is 2.83. The Hall–Kier alpha value is -1.55. The van der Waals surface area contributed by atoms with E-state index in [4.69, 9.17) is 5.73 Å². The molecule has 0 spiro atoms. The van der Waals surface area contributed by atoms with Gasteiger partial charge in [-0.25, -0.2) is 4.98 Å². The molecule has 1 aliphatic carbocycles. The number of hydrogen-bond donors (Lipinski definition) is 3. The number of nitrogens with two attached hydrogens (primary N) is 1. The summed E-state index contributed by atoms with van der Waals surface area (Å²) in [6.45, 7) is 0. The number of phenols is 1. The van der Waals surface area contributed by atoms with Crippen molar-refractivity contribution >= 4 is 11.0 Å². The van der Waals surface area contributed by atoms with Crippen molar-refractivity contribution in [1.29, 1.82) is 0 Å². The Morgan fingerprint density at radius 2 is 1.89 bits per heavy atom. The van der Waals surface area contributed by atoms with E-state index in [0.29, 0.717) is 0 Å². The third kappa shape index (κ3) is 1.97. The van der Waals surface area contributed by atoms with Crippen molar-refractivity contribution in [2.45, 2.75) is 44.1 Å². The largest absolute Gasteiger partial charge is 0.508 e. The molecule has 1 saturated carbocycles. The minimum atomic E-state index is -0.328. The second-order valence-corrected chi connectivity index (χ2v) is 5.36. The molecule has 2 aromatic rings. The summed E-state index contributed by atoms with van der Waals surface area (Å²) in [7, 11) is 0. The molecule has 0 unspecified atom stereocenters. The highest BCUT2D eigenvalue weighted by molar-refractivity contribution is 5.76. The number of imidazole rings is 1. The summed E-state index contributed by atoms with van der Waals surface area (Å²) < 4.78 is 0. The minimum absolute atomic E-state index is 0.254. The molecule has 1 aromatic heterocycles. The molecule has 1 fully saturated rings. The Balaban J connectivity index is 2.02. The molecule has 0 atom stereocenters. The van der Waals surface area contributed by atoms with Crippen LogP contribution in [-0.2, 0) is 5.54 Å². The van der Waals surface area contributed by atoms with Crippen LogP contribution >= 0.6 is 0 Å². The second-order valence-electron chi connectivity index (χ2n) is 5.36. The van der Waals surface area contributed by atoms with Crippen LogP contribution < -0.4 is 5.73 Å². The summed E-state index contributed by atoms with van der Waals surface area (Å²) in [6.07, 6.45) is 6.83. The van der Waals surface area contributed by atoms with Crippen molar-refractivity contribution in [1.82, 2.24) is 9.97 Å². The molecule has 96 valence electrons. The van der Waals surface area contributed by atoms with Gasteiger partial charge in [0.25, 0.3) is 0 Å². The highest BCUT2D eigenvalue weighted by Gasteiger charge is 2.31. The van der Waals surface area contributed by atoms with Crippen LogP contribution in [0, 0.1) is 0 Å². The van der Waals surface area contributed by atoms with Crippen molar-refractivity contribution in [3.05, 3.63) is 24.0 Å². The first-order valence-corrected chi connectivity index (χ1v) is 6.65. The molecule has 4 heteroatoms. The number of fused-ring (bicyclic) bond motifs is 1. The Morgan fingerprint density at radius 3 is 2.61 bits per heavy atom. The summed E-state index contributed by atoms with van der Waals surface area (Å²) in [5.74, 6) is 1.12. The van der Waals surface area contributed by atoms with E-state index in [1.807, 2.05) is 6.07 Å². The third-order valence-electron chi connectivity index (χ3n) is 3.93. The van der Waals surface area contributed by atoms with Gasteiger partial charge >= 0.3 is 0 Å². The predicted molar refractivity (Wildman–Crippen MR) is 71.3 cm³/mol. The highest BCUT2D eigenvalue weighted by Crippen LogP contribution is 2.33. The molecule has 0 radical (unpaired) electrons. The smallest absolute Gasteiger partial charge is 0.127 e. The lowest BCUT2D eigenvalue weighted by atomic mass is 9.91. The van der Waals surface area contributed by atoms with Crippen molar-refractivity contribution < 1.29 is 5.11 Å². The van der Waals surface area contributed by atoms with Gasteiger partial charge in [-0.1, -0.05) is 25.7 Å². The first-order valence-electron chi connectivity index (χ1n) is 6.65. The number of hydrogen-bond acceptors (Lipinski definition) is 3. The molecule has 0 aliphatic heterocycles. The molecule has 18 heavy (non-hydrogen) atoms. The fraction of sp³-hybridized carbons (Fsp3) is 0.500. The van der Waals surface area contributed by atoms with Crippen LogP contribution in [0.15, 0.2) is 18.2 Å². The minimum Gasteiger partial charge on any atom is -0.508 e. The zero-order valence-electron chi connectivity index (χ0n) is 10.4. The maximum Gasteiger partial charge on any atom is 0.127 e. The number of benzene rings is 1. The van der Waals surface area contributed by atoms with Gasteiger partial charge in [0, 0.05) is 6.07 Å². The zero-order chi connectivity index (χ0) is 12.6. The maximum absolute atomic E-state index is 9.48. The van der Waals surface area contributed by atoms with E-state index in [0.717, 1.165) is 29.7 Å². The Morgan fingerprint density at radius 1 is 1.17 bits per heavy atom. The molecular formula is C14H19N3O. The Bertz CT molecular complexity index is 553. The van der Waals surface area contributed by atoms with Crippen molar-refractivity contribution in [2.24, 2.45) is 5.73 Å². The number of rotatable bonds is 1. The fourth-order valence-electron chi connectivity index (χ4n) is 2.83. The quantitative estimate of drug-likeness (QED) is 0.676. The average Bonchev–Trinajstić information content (AvgIpc) is 2.65. The van der Waals surface area contributed by atoms with Gasteiger partial charge in [0.1, 0.15) is 11.6 Å². The topological polar surface area (TPSA) is 74.9 Å². The van der Waals surface area contributed by atoms with Crippen molar-refractivity contribution in [2.75, 3.05) is 0 Å². The van der Waals surface area contributed by atoms with E-state index in [1.165, 1.54) is 25.7 Å². The standard InChI is InChI=1S/C14H19N3O/c15-14(7-3-1-2-4-8-14)13-16-11-6-5-10(18)9-12(11)17-13/h5-6,9,18H,1-4,7-8,15H2,(H,16,17). The number of aromatic hydroxyl groups is 1. The molecular weight excluding hydrogens is 226 g/mol. The Kier molecular flexibility index (Phi) is 2.74. The van der Waals surface area contributed by atoms with E-state index < -0.39 is 0 Å². The van der Waals surface area contributed by atoms with E-state index in [-0.39, 0.29) is 11.3 Å². The molecule has 4 N–H and O–H groups in total. The molecule has 3 rings (SSSR count). The van der Waals surface area contributed by atoms with Gasteiger partial charge in [0.15, 0.2) is 0 Å².